The molecule has 5 rings (SSSR count). The Morgan fingerprint density at radius 2 is 1.73 bits per heavy atom. The van der Waals surface area contributed by atoms with Crippen molar-refractivity contribution in [2.75, 3.05) is 5.32 Å². The minimum absolute atomic E-state index is 0.174. The van der Waals surface area contributed by atoms with Crippen LogP contribution in [0.15, 0.2) is 54.6 Å². The number of fused-ring (bicyclic) bond motifs is 5. The van der Waals surface area contributed by atoms with E-state index in [1.165, 1.54) is 18.2 Å². The summed E-state index contributed by atoms with van der Waals surface area (Å²) in [4.78, 5) is 0. The van der Waals surface area contributed by atoms with Crippen LogP contribution in [0.5, 0.6) is 5.75 Å². The number of benzene rings is 3. The van der Waals surface area contributed by atoms with E-state index in [0.717, 1.165) is 39.1 Å². The van der Waals surface area contributed by atoms with Crippen LogP contribution in [0, 0.1) is 18.6 Å². The van der Waals surface area contributed by atoms with Crippen LogP contribution in [0.1, 0.15) is 49.1 Å². The van der Waals surface area contributed by atoms with Crippen LogP contribution in [0.3, 0.4) is 0 Å². The summed E-state index contributed by atoms with van der Waals surface area (Å²) in [6.07, 6.45) is 1.78. The van der Waals surface area contributed by atoms with Crippen LogP contribution in [0.4, 0.5) is 14.5 Å². The van der Waals surface area contributed by atoms with Gasteiger partial charge in [-0.25, -0.2) is 8.78 Å². The van der Waals surface area contributed by atoms with Gasteiger partial charge in [-0.1, -0.05) is 18.2 Å². The Hall–Kier alpha value is -3.14. The van der Waals surface area contributed by atoms with E-state index >= 15 is 0 Å². The van der Waals surface area contributed by atoms with Gasteiger partial charge in [0.2, 0.25) is 0 Å². The molecule has 152 valence electrons. The lowest BCUT2D eigenvalue weighted by molar-refractivity contribution is 0.242. The smallest absolute Gasteiger partial charge is 0.150 e. The van der Waals surface area contributed by atoms with Gasteiger partial charge in [0.15, 0.2) is 6.10 Å². The molecule has 0 saturated heterocycles. The van der Waals surface area contributed by atoms with Crippen molar-refractivity contribution in [1.82, 2.24) is 0 Å². The van der Waals surface area contributed by atoms with Gasteiger partial charge in [0, 0.05) is 22.4 Å². The summed E-state index contributed by atoms with van der Waals surface area (Å²) >= 11 is 0. The number of anilines is 1. The van der Waals surface area contributed by atoms with Gasteiger partial charge in [-0.05, 0) is 86.4 Å². The molecule has 0 aromatic heterocycles. The first-order valence-corrected chi connectivity index (χ1v) is 10.1. The summed E-state index contributed by atoms with van der Waals surface area (Å²) in [7, 11) is 0. The first kappa shape index (κ1) is 18.9. The number of aryl methyl sites for hydroxylation is 1. The summed E-state index contributed by atoms with van der Waals surface area (Å²) in [6, 6.07) is 13.8. The number of allylic oxidation sites excluding steroid dienone is 1. The quantitative estimate of drug-likeness (QED) is 0.471. The zero-order chi connectivity index (χ0) is 21.2. The van der Waals surface area contributed by atoms with Crippen molar-refractivity contribution in [2.24, 2.45) is 0 Å². The zero-order valence-corrected chi connectivity index (χ0v) is 17.4. The van der Waals surface area contributed by atoms with Gasteiger partial charge in [-0.15, -0.1) is 0 Å². The molecular weight excluding hydrogens is 380 g/mol. The molecular formula is C26H23F2NO. The van der Waals surface area contributed by atoms with Crippen LogP contribution in [0.25, 0.3) is 16.7 Å². The van der Waals surface area contributed by atoms with Crippen molar-refractivity contribution in [3.63, 3.8) is 0 Å². The van der Waals surface area contributed by atoms with Crippen molar-refractivity contribution in [2.45, 2.75) is 39.3 Å². The monoisotopic (exact) mass is 403 g/mol. The molecule has 3 aromatic carbocycles. The molecule has 0 amide bonds. The fourth-order valence-electron chi connectivity index (χ4n) is 4.72. The van der Waals surface area contributed by atoms with Gasteiger partial charge in [0.25, 0.3) is 0 Å². The highest BCUT2D eigenvalue weighted by Gasteiger charge is 2.34. The summed E-state index contributed by atoms with van der Waals surface area (Å²) < 4.78 is 34.5. The molecule has 0 fully saturated rings. The van der Waals surface area contributed by atoms with E-state index < -0.39 is 6.10 Å². The van der Waals surface area contributed by atoms with Crippen molar-refractivity contribution in [1.29, 1.82) is 0 Å². The molecule has 2 aliphatic rings. The second kappa shape index (κ2) is 6.43. The summed E-state index contributed by atoms with van der Waals surface area (Å²) in [6.45, 7) is 8.10. The fraction of sp³-hybridized carbons (Fsp3) is 0.231. The molecule has 4 heteroatoms. The molecule has 30 heavy (non-hydrogen) atoms. The maximum Gasteiger partial charge on any atom is 0.150 e. The van der Waals surface area contributed by atoms with Gasteiger partial charge in [0.1, 0.15) is 17.4 Å². The molecule has 0 spiro atoms. The van der Waals surface area contributed by atoms with E-state index in [1.54, 1.807) is 19.1 Å². The van der Waals surface area contributed by atoms with E-state index in [0.29, 0.717) is 11.3 Å². The number of ether oxygens (including phenoxy) is 1. The molecule has 0 radical (unpaired) electrons. The van der Waals surface area contributed by atoms with Crippen LogP contribution in [-0.2, 0) is 0 Å². The molecule has 2 aliphatic heterocycles. The number of hydrogen-bond acceptors (Lipinski definition) is 2. The predicted molar refractivity (Wildman–Crippen MR) is 117 cm³/mol. The van der Waals surface area contributed by atoms with Gasteiger partial charge in [-0.2, -0.15) is 0 Å². The highest BCUT2D eigenvalue weighted by atomic mass is 19.1. The molecule has 2 heterocycles. The van der Waals surface area contributed by atoms with Gasteiger partial charge >= 0.3 is 0 Å². The molecule has 0 saturated carbocycles. The van der Waals surface area contributed by atoms with Gasteiger partial charge in [-0.3, -0.25) is 0 Å². The molecule has 0 bridgehead atoms. The van der Waals surface area contributed by atoms with Crippen LogP contribution in [-0.4, -0.2) is 5.54 Å². The van der Waals surface area contributed by atoms with Gasteiger partial charge in [0.05, 0.1) is 5.54 Å². The first-order chi connectivity index (χ1) is 14.2. The fourth-order valence-corrected chi connectivity index (χ4v) is 4.72. The number of rotatable bonds is 1. The lowest BCUT2D eigenvalue weighted by Crippen LogP contribution is -2.32. The minimum atomic E-state index is -0.418. The second-order valence-electron chi connectivity index (χ2n) is 8.77. The molecule has 0 aliphatic carbocycles. The van der Waals surface area contributed by atoms with Crippen molar-refractivity contribution in [3.8, 4) is 16.9 Å². The Labute approximate surface area is 175 Å². The third-order valence-corrected chi connectivity index (χ3v) is 5.90. The summed E-state index contributed by atoms with van der Waals surface area (Å²) in [5.74, 6) is 0.0806. The van der Waals surface area contributed by atoms with E-state index in [1.807, 2.05) is 12.1 Å². The largest absolute Gasteiger partial charge is 0.480 e. The van der Waals surface area contributed by atoms with Crippen LogP contribution in [0.2, 0.25) is 0 Å². The number of nitrogens with one attached hydrogen (secondary N) is 1. The highest BCUT2D eigenvalue weighted by molar-refractivity contribution is 5.90. The Morgan fingerprint density at radius 3 is 2.50 bits per heavy atom. The lowest BCUT2D eigenvalue weighted by Gasteiger charge is -2.37. The maximum absolute atomic E-state index is 14.1. The topological polar surface area (TPSA) is 21.3 Å². The molecule has 1 atom stereocenters. The average molecular weight is 403 g/mol. The van der Waals surface area contributed by atoms with Crippen molar-refractivity contribution >= 4 is 11.3 Å². The normalized spacial score (nSPS) is 18.3. The second-order valence-corrected chi connectivity index (χ2v) is 8.77. The van der Waals surface area contributed by atoms with Crippen molar-refractivity contribution in [3.05, 3.63) is 88.5 Å². The summed E-state index contributed by atoms with van der Waals surface area (Å²) in [5.41, 5.74) is 7.14. The Morgan fingerprint density at radius 1 is 0.933 bits per heavy atom. The Kier molecular flexibility index (Phi) is 4.04. The van der Waals surface area contributed by atoms with Crippen LogP contribution < -0.4 is 10.1 Å². The standard InChI is InChI=1S/C26H23F2NO/c1-14-11-16(5-8-20(14)28)25-24-18(19-12-17(27)6-10-22(19)30-25)7-9-21-23(24)15(2)13-26(3,4)29-21/h5-13,25,29H,1-4H3/t25-/m0/s1. The van der Waals surface area contributed by atoms with Gasteiger partial charge < -0.3 is 10.1 Å². The number of hydrogen-bond donors (Lipinski definition) is 1. The van der Waals surface area contributed by atoms with E-state index in [9.17, 15) is 8.78 Å². The first-order valence-electron chi connectivity index (χ1n) is 10.1. The maximum atomic E-state index is 14.1. The Balaban J connectivity index is 1.81. The van der Waals surface area contributed by atoms with E-state index in [2.05, 4.69) is 38.2 Å². The molecule has 2 nitrogen and oxygen atoms in total. The molecule has 3 aromatic rings. The van der Waals surface area contributed by atoms with E-state index in [-0.39, 0.29) is 17.2 Å². The third-order valence-electron chi connectivity index (χ3n) is 5.90. The van der Waals surface area contributed by atoms with E-state index in [4.69, 9.17) is 4.74 Å². The third kappa shape index (κ3) is 2.90. The molecule has 0 unspecified atom stereocenters. The molecule has 1 N–H and O–H groups in total. The van der Waals surface area contributed by atoms with Crippen molar-refractivity contribution < 1.29 is 13.5 Å². The van der Waals surface area contributed by atoms with Crippen LogP contribution >= 0.6 is 0 Å². The zero-order valence-electron chi connectivity index (χ0n) is 17.4. The highest BCUT2D eigenvalue weighted by Crippen LogP contribution is 2.50. The summed E-state index contributed by atoms with van der Waals surface area (Å²) in [5, 5.41) is 3.58. The Bertz CT molecular complexity index is 1230. The minimum Gasteiger partial charge on any atom is -0.480 e. The number of halogens is 2. The average Bonchev–Trinajstić information content (AvgIpc) is 2.68. The predicted octanol–water partition coefficient (Wildman–Crippen LogP) is 7.03. The SMILES string of the molecule is CC1=CC(C)(C)Nc2ccc3c(c21)[C@H](c1ccc(F)c(C)c1)Oc1ccc(F)cc1-3. The lowest BCUT2D eigenvalue weighted by atomic mass is 9.80.